The largest absolute Gasteiger partial charge is 0.488 e. The average Bonchev–Trinajstić information content (AvgIpc) is 2.80. The topological polar surface area (TPSA) is 35.5 Å². The Labute approximate surface area is 191 Å². The first-order valence-electron chi connectivity index (χ1n) is 11.5. The molecule has 166 valence electrons. The van der Waals surface area contributed by atoms with Crippen molar-refractivity contribution in [2.75, 3.05) is 0 Å². The standard InChI is InChI=1S/C29H32O3/c1-28(2,3)32-26-18-14-24(15-19-26)29(20-8-5-9-21-29)23-12-16-25(17-13-23)31-27(30)22-10-6-4-7-11-22/h4,6-7,10-19H,5,8-9,20-21H2,1-3H3. The van der Waals surface area contributed by atoms with Crippen LogP contribution in [0.3, 0.4) is 0 Å². The summed E-state index contributed by atoms with van der Waals surface area (Å²) in [5.74, 6) is 1.14. The molecule has 0 aliphatic heterocycles. The molecule has 0 unspecified atom stereocenters. The maximum Gasteiger partial charge on any atom is 0.343 e. The van der Waals surface area contributed by atoms with Gasteiger partial charge in [-0.05, 0) is 81.1 Å². The lowest BCUT2D eigenvalue weighted by atomic mass is 9.65. The summed E-state index contributed by atoms with van der Waals surface area (Å²) in [6.45, 7) is 6.20. The Morgan fingerprint density at radius 1 is 0.719 bits per heavy atom. The van der Waals surface area contributed by atoms with Gasteiger partial charge in [0.1, 0.15) is 17.1 Å². The highest BCUT2D eigenvalue weighted by molar-refractivity contribution is 5.90. The predicted octanol–water partition coefficient (Wildman–Crippen LogP) is 7.33. The Hall–Kier alpha value is -3.07. The Kier molecular flexibility index (Phi) is 6.36. The highest BCUT2D eigenvalue weighted by atomic mass is 16.5. The van der Waals surface area contributed by atoms with Crippen molar-refractivity contribution >= 4 is 5.97 Å². The van der Waals surface area contributed by atoms with E-state index in [2.05, 4.69) is 57.2 Å². The second-order valence-electron chi connectivity index (χ2n) is 9.66. The summed E-state index contributed by atoms with van der Waals surface area (Å²) < 4.78 is 11.6. The maximum absolute atomic E-state index is 12.4. The molecule has 1 aliphatic rings. The van der Waals surface area contributed by atoms with Gasteiger partial charge < -0.3 is 9.47 Å². The zero-order chi connectivity index (χ0) is 22.6. The molecular formula is C29H32O3. The number of carbonyl (C=O) groups is 1. The van der Waals surface area contributed by atoms with Gasteiger partial charge in [-0.25, -0.2) is 4.79 Å². The van der Waals surface area contributed by atoms with E-state index >= 15 is 0 Å². The number of esters is 1. The zero-order valence-corrected chi connectivity index (χ0v) is 19.3. The summed E-state index contributed by atoms with van der Waals surface area (Å²) in [4.78, 5) is 12.4. The maximum atomic E-state index is 12.4. The SMILES string of the molecule is CC(C)(C)Oc1ccc(C2(c3ccc(OC(=O)c4ccccc4)cc3)CCCCC2)cc1. The van der Waals surface area contributed by atoms with E-state index in [1.54, 1.807) is 12.1 Å². The quantitative estimate of drug-likeness (QED) is 0.315. The highest BCUT2D eigenvalue weighted by Gasteiger charge is 2.35. The molecule has 3 aromatic carbocycles. The van der Waals surface area contributed by atoms with Crippen LogP contribution in [0.4, 0.5) is 0 Å². The minimum absolute atomic E-state index is 0.0134. The molecule has 0 amide bonds. The van der Waals surface area contributed by atoms with Crippen molar-refractivity contribution in [3.63, 3.8) is 0 Å². The summed E-state index contributed by atoms with van der Waals surface area (Å²) in [7, 11) is 0. The smallest absolute Gasteiger partial charge is 0.343 e. The highest BCUT2D eigenvalue weighted by Crippen LogP contribution is 2.45. The van der Waals surface area contributed by atoms with Crippen LogP contribution >= 0.6 is 0 Å². The van der Waals surface area contributed by atoms with E-state index in [1.807, 2.05) is 30.3 Å². The fourth-order valence-corrected chi connectivity index (χ4v) is 4.68. The average molecular weight is 429 g/mol. The number of benzene rings is 3. The summed E-state index contributed by atoms with van der Waals surface area (Å²) in [5.41, 5.74) is 2.93. The molecule has 0 atom stereocenters. The van der Waals surface area contributed by atoms with Crippen LogP contribution in [0.5, 0.6) is 11.5 Å². The molecule has 0 aromatic heterocycles. The summed E-state index contributed by atoms with van der Waals surface area (Å²) in [6, 6.07) is 25.8. The van der Waals surface area contributed by atoms with Crippen LogP contribution in [0.15, 0.2) is 78.9 Å². The molecule has 1 aliphatic carbocycles. The molecule has 32 heavy (non-hydrogen) atoms. The van der Waals surface area contributed by atoms with E-state index in [1.165, 1.54) is 30.4 Å². The van der Waals surface area contributed by atoms with Crippen molar-refractivity contribution in [1.82, 2.24) is 0 Å². The summed E-state index contributed by atoms with van der Waals surface area (Å²) in [5, 5.41) is 0. The molecule has 0 N–H and O–H groups in total. The van der Waals surface area contributed by atoms with Gasteiger partial charge in [-0.2, -0.15) is 0 Å². The Morgan fingerprint density at radius 2 is 1.25 bits per heavy atom. The lowest BCUT2D eigenvalue weighted by Gasteiger charge is -2.39. The third kappa shape index (κ3) is 5.04. The van der Waals surface area contributed by atoms with Gasteiger partial charge in [-0.1, -0.05) is 61.7 Å². The molecule has 3 aromatic rings. The van der Waals surface area contributed by atoms with Gasteiger partial charge in [0.15, 0.2) is 0 Å². The number of hydrogen-bond donors (Lipinski definition) is 0. The van der Waals surface area contributed by atoms with Crippen LogP contribution in [0.2, 0.25) is 0 Å². The third-order valence-corrected chi connectivity index (χ3v) is 6.16. The Morgan fingerprint density at radius 3 is 1.78 bits per heavy atom. The van der Waals surface area contributed by atoms with Crippen molar-refractivity contribution in [1.29, 1.82) is 0 Å². The molecule has 0 heterocycles. The normalized spacial score (nSPS) is 15.7. The first-order valence-corrected chi connectivity index (χ1v) is 11.5. The lowest BCUT2D eigenvalue weighted by Crippen LogP contribution is -2.30. The van der Waals surface area contributed by atoms with Gasteiger partial charge >= 0.3 is 5.97 Å². The van der Waals surface area contributed by atoms with Crippen molar-refractivity contribution in [2.24, 2.45) is 0 Å². The molecule has 1 fully saturated rings. The summed E-state index contributed by atoms with van der Waals surface area (Å²) >= 11 is 0. The van der Waals surface area contributed by atoms with Crippen LogP contribution in [0, 0.1) is 0 Å². The molecular weight excluding hydrogens is 396 g/mol. The van der Waals surface area contributed by atoms with E-state index in [9.17, 15) is 4.79 Å². The molecule has 0 radical (unpaired) electrons. The van der Waals surface area contributed by atoms with Crippen molar-refractivity contribution in [2.45, 2.75) is 63.9 Å². The number of ether oxygens (including phenoxy) is 2. The molecule has 0 bridgehead atoms. The van der Waals surface area contributed by atoms with Gasteiger partial charge in [-0.15, -0.1) is 0 Å². The van der Waals surface area contributed by atoms with Crippen LogP contribution in [0.1, 0.15) is 74.4 Å². The van der Waals surface area contributed by atoms with Gasteiger partial charge in [-0.3, -0.25) is 0 Å². The first kappa shape index (κ1) is 22.1. The van der Waals surface area contributed by atoms with Crippen molar-refractivity contribution in [3.05, 3.63) is 95.6 Å². The van der Waals surface area contributed by atoms with Gasteiger partial charge in [0.05, 0.1) is 5.56 Å². The van der Waals surface area contributed by atoms with E-state index in [0.717, 1.165) is 18.6 Å². The predicted molar refractivity (Wildman–Crippen MR) is 129 cm³/mol. The number of rotatable bonds is 5. The molecule has 1 saturated carbocycles. The van der Waals surface area contributed by atoms with Crippen LogP contribution in [-0.2, 0) is 5.41 Å². The minimum atomic E-state index is -0.333. The molecule has 0 saturated heterocycles. The Balaban J connectivity index is 1.57. The second-order valence-corrected chi connectivity index (χ2v) is 9.66. The van der Waals surface area contributed by atoms with E-state index in [0.29, 0.717) is 11.3 Å². The van der Waals surface area contributed by atoms with E-state index in [-0.39, 0.29) is 17.0 Å². The van der Waals surface area contributed by atoms with Gasteiger partial charge in [0, 0.05) is 5.41 Å². The van der Waals surface area contributed by atoms with E-state index in [4.69, 9.17) is 9.47 Å². The molecule has 3 nitrogen and oxygen atoms in total. The Bertz CT molecular complexity index is 1020. The van der Waals surface area contributed by atoms with Crippen LogP contribution in [0.25, 0.3) is 0 Å². The first-order chi connectivity index (χ1) is 15.4. The van der Waals surface area contributed by atoms with Crippen LogP contribution in [-0.4, -0.2) is 11.6 Å². The lowest BCUT2D eigenvalue weighted by molar-refractivity contribution is 0.0734. The van der Waals surface area contributed by atoms with Crippen LogP contribution < -0.4 is 9.47 Å². The fourth-order valence-electron chi connectivity index (χ4n) is 4.68. The molecule has 3 heteroatoms. The third-order valence-electron chi connectivity index (χ3n) is 6.16. The zero-order valence-electron chi connectivity index (χ0n) is 19.3. The fraction of sp³-hybridized carbons (Fsp3) is 0.345. The monoisotopic (exact) mass is 428 g/mol. The number of hydrogen-bond acceptors (Lipinski definition) is 3. The van der Waals surface area contributed by atoms with Crippen molar-refractivity contribution in [3.8, 4) is 11.5 Å². The molecule has 0 spiro atoms. The van der Waals surface area contributed by atoms with E-state index < -0.39 is 0 Å². The molecule has 4 rings (SSSR count). The number of carbonyl (C=O) groups excluding carboxylic acids is 1. The minimum Gasteiger partial charge on any atom is -0.488 e. The van der Waals surface area contributed by atoms with Gasteiger partial charge in [0.2, 0.25) is 0 Å². The second kappa shape index (κ2) is 9.20. The van der Waals surface area contributed by atoms with Crippen molar-refractivity contribution < 1.29 is 14.3 Å². The summed E-state index contributed by atoms with van der Waals surface area (Å²) in [6.07, 6.45) is 5.95. The van der Waals surface area contributed by atoms with Gasteiger partial charge in [0.25, 0.3) is 0 Å².